The van der Waals surface area contributed by atoms with Gasteiger partial charge in [0.25, 0.3) is 5.91 Å². The third-order valence-electron chi connectivity index (χ3n) is 3.11. The topological polar surface area (TPSA) is 59.3 Å². The Morgan fingerprint density at radius 2 is 2.14 bits per heavy atom. The lowest BCUT2D eigenvalue weighted by Crippen LogP contribution is -2.25. The Morgan fingerprint density at radius 3 is 2.95 bits per heavy atom. The number of aromatic nitrogens is 3. The second-order valence-corrected chi connectivity index (χ2v) is 5.07. The van der Waals surface area contributed by atoms with Gasteiger partial charge < -0.3 is 5.32 Å². The highest BCUT2D eigenvalue weighted by Gasteiger charge is 2.12. The first kappa shape index (κ1) is 13.6. The van der Waals surface area contributed by atoms with Gasteiger partial charge in [-0.1, -0.05) is 29.8 Å². The second-order valence-electron chi connectivity index (χ2n) is 4.66. The number of aryl methyl sites for hydroxylation is 1. The van der Waals surface area contributed by atoms with Crippen LogP contribution in [-0.4, -0.2) is 20.5 Å². The van der Waals surface area contributed by atoms with Crippen LogP contribution in [0.4, 0.5) is 0 Å². The maximum Gasteiger partial charge on any atom is 0.270 e. The lowest BCUT2D eigenvalue weighted by Gasteiger charge is -2.07. The Hall–Kier alpha value is -2.40. The summed E-state index contributed by atoms with van der Waals surface area (Å²) >= 11 is 6.07. The van der Waals surface area contributed by atoms with Crippen LogP contribution in [0.25, 0.3) is 5.65 Å². The third kappa shape index (κ3) is 2.73. The molecular formula is C15H13ClN4O. The first-order valence-electron chi connectivity index (χ1n) is 6.48. The molecule has 6 heteroatoms. The molecule has 1 aromatic carbocycles. The quantitative estimate of drug-likeness (QED) is 0.809. The lowest BCUT2D eigenvalue weighted by molar-refractivity contribution is 0.0943. The number of amides is 1. The van der Waals surface area contributed by atoms with Gasteiger partial charge in [-0.05, 0) is 24.6 Å². The van der Waals surface area contributed by atoms with Crippen LogP contribution in [0, 0.1) is 6.92 Å². The fourth-order valence-electron chi connectivity index (χ4n) is 2.09. The van der Waals surface area contributed by atoms with E-state index in [0.717, 1.165) is 11.3 Å². The zero-order valence-corrected chi connectivity index (χ0v) is 12.1. The number of benzene rings is 1. The minimum absolute atomic E-state index is 0.217. The maximum absolute atomic E-state index is 12.3. The molecule has 106 valence electrons. The summed E-state index contributed by atoms with van der Waals surface area (Å²) in [6, 6.07) is 10.9. The molecule has 3 aromatic rings. The van der Waals surface area contributed by atoms with Gasteiger partial charge in [0.1, 0.15) is 5.69 Å². The van der Waals surface area contributed by atoms with Crippen molar-refractivity contribution in [3.63, 3.8) is 0 Å². The van der Waals surface area contributed by atoms with Crippen LogP contribution in [-0.2, 0) is 6.54 Å². The molecular weight excluding hydrogens is 288 g/mol. The van der Waals surface area contributed by atoms with Gasteiger partial charge in [0.2, 0.25) is 0 Å². The molecule has 0 spiro atoms. The van der Waals surface area contributed by atoms with Crippen molar-refractivity contribution in [2.75, 3.05) is 0 Å². The average Bonchev–Trinajstić information content (AvgIpc) is 2.86. The molecule has 5 nitrogen and oxygen atoms in total. The zero-order chi connectivity index (χ0) is 14.8. The van der Waals surface area contributed by atoms with Crippen molar-refractivity contribution >= 4 is 23.2 Å². The molecule has 0 fully saturated rings. The van der Waals surface area contributed by atoms with E-state index in [-0.39, 0.29) is 5.91 Å². The smallest absolute Gasteiger partial charge is 0.270 e. The Balaban J connectivity index is 1.83. The monoisotopic (exact) mass is 300 g/mol. The van der Waals surface area contributed by atoms with Crippen molar-refractivity contribution in [2.45, 2.75) is 13.5 Å². The lowest BCUT2D eigenvalue weighted by atomic mass is 10.2. The molecule has 2 aromatic heterocycles. The second kappa shape index (κ2) is 5.54. The van der Waals surface area contributed by atoms with Gasteiger partial charge in [-0.3, -0.25) is 4.79 Å². The summed E-state index contributed by atoms with van der Waals surface area (Å²) in [7, 11) is 0. The van der Waals surface area contributed by atoms with E-state index in [1.165, 1.54) is 4.52 Å². The van der Waals surface area contributed by atoms with Gasteiger partial charge in [-0.25, -0.2) is 9.50 Å². The normalized spacial score (nSPS) is 10.8. The molecule has 0 aliphatic heterocycles. The van der Waals surface area contributed by atoms with Gasteiger partial charge in [-0.2, -0.15) is 5.10 Å². The summed E-state index contributed by atoms with van der Waals surface area (Å²) in [4.78, 5) is 16.5. The fourth-order valence-corrected chi connectivity index (χ4v) is 2.29. The van der Waals surface area contributed by atoms with E-state index in [1.54, 1.807) is 18.3 Å². The van der Waals surface area contributed by atoms with E-state index in [0.29, 0.717) is 22.9 Å². The van der Waals surface area contributed by atoms with E-state index in [2.05, 4.69) is 15.4 Å². The number of rotatable bonds is 3. The van der Waals surface area contributed by atoms with E-state index in [4.69, 9.17) is 11.6 Å². The highest BCUT2D eigenvalue weighted by molar-refractivity contribution is 6.31. The highest BCUT2D eigenvalue weighted by Crippen LogP contribution is 2.14. The predicted molar refractivity (Wildman–Crippen MR) is 80.3 cm³/mol. The summed E-state index contributed by atoms with van der Waals surface area (Å²) in [5, 5.41) is 7.75. The van der Waals surface area contributed by atoms with Crippen LogP contribution in [0.3, 0.4) is 0 Å². The van der Waals surface area contributed by atoms with Gasteiger partial charge in [-0.15, -0.1) is 0 Å². The van der Waals surface area contributed by atoms with Crippen LogP contribution in [0.1, 0.15) is 21.7 Å². The summed E-state index contributed by atoms with van der Waals surface area (Å²) in [6.45, 7) is 2.22. The number of halogens is 1. The highest BCUT2D eigenvalue weighted by atomic mass is 35.5. The molecule has 0 aliphatic rings. The summed E-state index contributed by atoms with van der Waals surface area (Å²) < 4.78 is 1.54. The number of fused-ring (bicyclic) bond motifs is 1. The van der Waals surface area contributed by atoms with Crippen molar-refractivity contribution in [2.24, 2.45) is 0 Å². The minimum atomic E-state index is -0.217. The van der Waals surface area contributed by atoms with Crippen LogP contribution < -0.4 is 5.32 Å². The van der Waals surface area contributed by atoms with E-state index >= 15 is 0 Å². The summed E-state index contributed by atoms with van der Waals surface area (Å²) in [5.74, 6) is -0.217. The molecule has 21 heavy (non-hydrogen) atoms. The molecule has 3 rings (SSSR count). The van der Waals surface area contributed by atoms with Crippen molar-refractivity contribution in [3.05, 3.63) is 64.6 Å². The molecule has 0 atom stereocenters. The van der Waals surface area contributed by atoms with Gasteiger partial charge in [0, 0.05) is 23.8 Å². The number of nitrogens with one attached hydrogen (secondary N) is 1. The first-order chi connectivity index (χ1) is 10.1. The average molecular weight is 301 g/mol. The summed E-state index contributed by atoms with van der Waals surface area (Å²) in [5.41, 5.74) is 2.78. The van der Waals surface area contributed by atoms with Crippen LogP contribution in [0.5, 0.6) is 0 Å². The number of carbonyl (C=O) groups excluding carboxylic acids is 1. The molecule has 0 unspecified atom stereocenters. The molecule has 0 aliphatic carbocycles. The van der Waals surface area contributed by atoms with Crippen LogP contribution >= 0.6 is 11.6 Å². The van der Waals surface area contributed by atoms with Crippen LogP contribution in [0.2, 0.25) is 5.02 Å². The third-order valence-corrected chi connectivity index (χ3v) is 3.48. The Bertz CT molecular complexity index is 812. The molecule has 0 radical (unpaired) electrons. The Kier molecular flexibility index (Phi) is 3.58. The van der Waals surface area contributed by atoms with Gasteiger partial charge in [0.15, 0.2) is 5.65 Å². The van der Waals surface area contributed by atoms with Gasteiger partial charge >= 0.3 is 0 Å². The van der Waals surface area contributed by atoms with Gasteiger partial charge in [0.05, 0.1) is 5.69 Å². The Labute approximate surface area is 126 Å². The number of hydrogen-bond acceptors (Lipinski definition) is 3. The van der Waals surface area contributed by atoms with Crippen molar-refractivity contribution < 1.29 is 4.79 Å². The molecule has 0 saturated carbocycles. The Morgan fingerprint density at radius 1 is 1.33 bits per heavy atom. The van der Waals surface area contributed by atoms with Crippen molar-refractivity contribution in [3.8, 4) is 0 Å². The fraction of sp³-hybridized carbons (Fsp3) is 0.133. The number of nitrogens with zero attached hydrogens (tertiary/aromatic N) is 3. The molecule has 1 N–H and O–H groups in total. The predicted octanol–water partition coefficient (Wildman–Crippen LogP) is 2.62. The zero-order valence-electron chi connectivity index (χ0n) is 11.4. The summed E-state index contributed by atoms with van der Waals surface area (Å²) in [6.07, 6.45) is 1.60. The van der Waals surface area contributed by atoms with Crippen molar-refractivity contribution in [1.29, 1.82) is 0 Å². The number of carbonyl (C=O) groups is 1. The minimum Gasteiger partial charge on any atom is -0.347 e. The van der Waals surface area contributed by atoms with E-state index in [1.807, 2.05) is 31.2 Å². The SMILES string of the molecule is Cc1cc2nccc(C(=O)NCc3ccccc3Cl)n2n1. The first-order valence-corrected chi connectivity index (χ1v) is 6.86. The van der Waals surface area contributed by atoms with Crippen LogP contribution in [0.15, 0.2) is 42.6 Å². The molecule has 0 bridgehead atoms. The largest absolute Gasteiger partial charge is 0.347 e. The van der Waals surface area contributed by atoms with E-state index < -0.39 is 0 Å². The van der Waals surface area contributed by atoms with E-state index in [9.17, 15) is 4.79 Å². The molecule has 0 saturated heterocycles. The molecule has 2 heterocycles. The standard InChI is InChI=1S/C15H13ClN4O/c1-10-8-14-17-7-6-13(20(14)19-10)15(21)18-9-11-4-2-3-5-12(11)16/h2-8H,9H2,1H3,(H,18,21). The van der Waals surface area contributed by atoms with Crippen molar-refractivity contribution in [1.82, 2.24) is 19.9 Å². The number of hydrogen-bond donors (Lipinski definition) is 1. The molecule has 1 amide bonds. The maximum atomic E-state index is 12.3.